The second kappa shape index (κ2) is 11.6. The number of rotatable bonds is 9. The lowest BCUT2D eigenvalue weighted by molar-refractivity contribution is -0.138. The summed E-state index contributed by atoms with van der Waals surface area (Å²) in [6.45, 7) is 1.83. The zero-order valence-corrected chi connectivity index (χ0v) is 23.2. The fraction of sp³-hybridized carbons (Fsp3) is 0.233. The maximum absolute atomic E-state index is 14.4. The summed E-state index contributed by atoms with van der Waals surface area (Å²) >= 11 is 7.51. The van der Waals surface area contributed by atoms with Crippen LogP contribution in [0.5, 0.6) is 5.75 Å². The first-order valence-corrected chi connectivity index (χ1v) is 13.9. The molecule has 2 atom stereocenters. The number of fused-ring (bicyclic) bond motifs is 1. The Labute approximate surface area is 242 Å². The molecule has 41 heavy (non-hydrogen) atoms. The Bertz CT molecular complexity index is 1600. The van der Waals surface area contributed by atoms with Gasteiger partial charge in [-0.15, -0.1) is 11.3 Å². The SMILES string of the molecule is C[C@@H](Oc1ccc2c(c1)N=CC2CC(=O)O)c1sc(-c2ccc(C(F)(F)F)cc2)nc1CCc1c(F)cccc1Cl. The lowest BCUT2D eigenvalue weighted by Crippen LogP contribution is -2.06. The number of aryl methyl sites for hydroxylation is 1. The van der Waals surface area contributed by atoms with Crippen molar-refractivity contribution < 1.29 is 32.2 Å². The zero-order valence-electron chi connectivity index (χ0n) is 21.6. The maximum atomic E-state index is 14.4. The van der Waals surface area contributed by atoms with Crippen LogP contribution in [0.2, 0.25) is 5.02 Å². The summed E-state index contributed by atoms with van der Waals surface area (Å²) in [4.78, 5) is 20.9. The Hall–Kier alpha value is -3.76. The molecule has 1 aliphatic heterocycles. The van der Waals surface area contributed by atoms with Gasteiger partial charge >= 0.3 is 12.1 Å². The zero-order chi connectivity index (χ0) is 29.3. The molecule has 0 spiro atoms. The van der Waals surface area contributed by atoms with Gasteiger partial charge in [-0.25, -0.2) is 9.37 Å². The topological polar surface area (TPSA) is 71.8 Å². The van der Waals surface area contributed by atoms with E-state index in [-0.39, 0.29) is 18.8 Å². The van der Waals surface area contributed by atoms with Crippen LogP contribution < -0.4 is 4.74 Å². The molecule has 1 N–H and O–H groups in total. The first kappa shape index (κ1) is 28.8. The van der Waals surface area contributed by atoms with E-state index in [1.807, 2.05) is 6.92 Å². The number of aromatic nitrogens is 1. The van der Waals surface area contributed by atoms with Crippen LogP contribution in [-0.2, 0) is 23.8 Å². The van der Waals surface area contributed by atoms with Crippen molar-refractivity contribution in [1.82, 2.24) is 4.98 Å². The van der Waals surface area contributed by atoms with Crippen LogP contribution >= 0.6 is 22.9 Å². The van der Waals surface area contributed by atoms with Gasteiger partial charge < -0.3 is 9.84 Å². The summed E-state index contributed by atoms with van der Waals surface area (Å²) in [6.07, 6.45) is -2.83. The van der Waals surface area contributed by atoms with Crippen molar-refractivity contribution in [3.63, 3.8) is 0 Å². The van der Waals surface area contributed by atoms with Gasteiger partial charge in [-0.3, -0.25) is 9.79 Å². The molecule has 0 radical (unpaired) electrons. The van der Waals surface area contributed by atoms with Crippen molar-refractivity contribution in [2.45, 2.75) is 44.4 Å². The second-order valence-corrected chi connectivity index (χ2v) is 11.0. The molecule has 0 saturated carbocycles. The van der Waals surface area contributed by atoms with Gasteiger partial charge in [0.2, 0.25) is 0 Å². The number of thiazole rings is 1. The lowest BCUT2D eigenvalue weighted by atomic mass is 9.98. The monoisotopic (exact) mass is 602 g/mol. The molecule has 0 aliphatic carbocycles. The smallest absolute Gasteiger partial charge is 0.416 e. The normalized spacial score (nSPS) is 15.1. The summed E-state index contributed by atoms with van der Waals surface area (Å²) in [6, 6.07) is 14.5. The van der Waals surface area contributed by atoms with Gasteiger partial charge in [-0.05, 0) is 55.7 Å². The number of benzene rings is 3. The predicted molar refractivity (Wildman–Crippen MR) is 150 cm³/mol. The van der Waals surface area contributed by atoms with E-state index < -0.39 is 29.6 Å². The Kier molecular flexibility index (Phi) is 8.15. The molecule has 1 aliphatic rings. The van der Waals surface area contributed by atoms with E-state index in [0.717, 1.165) is 22.6 Å². The van der Waals surface area contributed by atoms with Gasteiger partial charge in [0, 0.05) is 34.3 Å². The number of nitrogens with zero attached hydrogens (tertiary/aromatic N) is 2. The van der Waals surface area contributed by atoms with Crippen molar-refractivity contribution in [1.29, 1.82) is 0 Å². The van der Waals surface area contributed by atoms with Gasteiger partial charge in [0.1, 0.15) is 22.7 Å². The number of ether oxygens (including phenoxy) is 1. The summed E-state index contributed by atoms with van der Waals surface area (Å²) in [5.74, 6) is -1.14. The number of carboxylic acids is 1. The molecule has 0 amide bonds. The lowest BCUT2D eigenvalue weighted by Gasteiger charge is -2.16. The minimum atomic E-state index is -4.45. The minimum Gasteiger partial charge on any atom is -0.485 e. The van der Waals surface area contributed by atoms with E-state index in [0.29, 0.717) is 44.7 Å². The summed E-state index contributed by atoms with van der Waals surface area (Å²) < 4.78 is 59.9. The first-order chi connectivity index (χ1) is 19.5. The fourth-order valence-corrected chi connectivity index (χ4v) is 6.04. The van der Waals surface area contributed by atoms with Gasteiger partial charge in [0.25, 0.3) is 0 Å². The Morgan fingerprint density at radius 3 is 2.56 bits per heavy atom. The fourth-order valence-electron chi connectivity index (χ4n) is 4.68. The number of halogens is 5. The van der Waals surface area contributed by atoms with Crippen molar-refractivity contribution in [3.05, 3.63) is 98.8 Å². The molecule has 5 nitrogen and oxygen atoms in total. The van der Waals surface area contributed by atoms with E-state index in [1.54, 1.807) is 30.5 Å². The number of carbonyl (C=O) groups is 1. The molecule has 0 saturated heterocycles. The van der Waals surface area contributed by atoms with E-state index in [2.05, 4.69) is 4.99 Å². The van der Waals surface area contributed by atoms with E-state index in [9.17, 15) is 22.4 Å². The largest absolute Gasteiger partial charge is 0.485 e. The van der Waals surface area contributed by atoms with Crippen LogP contribution in [0, 0.1) is 5.82 Å². The molecule has 3 aromatic carbocycles. The molecule has 11 heteroatoms. The van der Waals surface area contributed by atoms with E-state index >= 15 is 0 Å². The summed E-state index contributed by atoms with van der Waals surface area (Å²) in [5.41, 5.74) is 2.17. The summed E-state index contributed by atoms with van der Waals surface area (Å²) in [7, 11) is 0. The number of hydrogen-bond acceptors (Lipinski definition) is 5. The van der Waals surface area contributed by atoms with Crippen LogP contribution in [0.15, 0.2) is 65.7 Å². The average molecular weight is 603 g/mol. The molecule has 1 aromatic heterocycles. The van der Waals surface area contributed by atoms with Crippen LogP contribution in [0.3, 0.4) is 0 Å². The third kappa shape index (κ3) is 6.44. The number of alkyl halides is 3. The molecule has 212 valence electrons. The molecular formula is C30H23ClF4N2O3S. The van der Waals surface area contributed by atoms with Crippen molar-refractivity contribution >= 4 is 40.8 Å². The van der Waals surface area contributed by atoms with Gasteiger partial charge in [0.15, 0.2) is 0 Å². The highest BCUT2D eigenvalue weighted by Gasteiger charge is 2.30. The van der Waals surface area contributed by atoms with Crippen LogP contribution in [0.4, 0.5) is 23.2 Å². The second-order valence-electron chi connectivity index (χ2n) is 9.57. The number of aliphatic imine (C=N–C) groups is 1. The molecule has 0 bridgehead atoms. The first-order valence-electron chi connectivity index (χ1n) is 12.7. The Balaban J connectivity index is 1.43. The average Bonchev–Trinajstić information content (AvgIpc) is 3.52. The molecular weight excluding hydrogens is 580 g/mol. The predicted octanol–water partition coefficient (Wildman–Crippen LogP) is 8.82. The number of hydrogen-bond donors (Lipinski definition) is 1. The van der Waals surface area contributed by atoms with Gasteiger partial charge in [-0.1, -0.05) is 35.9 Å². The van der Waals surface area contributed by atoms with Crippen LogP contribution in [0.25, 0.3) is 10.6 Å². The van der Waals surface area contributed by atoms with Crippen LogP contribution in [-0.4, -0.2) is 22.3 Å². The molecule has 2 heterocycles. The molecule has 1 unspecified atom stereocenters. The van der Waals surface area contributed by atoms with E-state index in [1.165, 1.54) is 35.6 Å². The van der Waals surface area contributed by atoms with Crippen LogP contribution in [0.1, 0.15) is 52.6 Å². The number of carboxylic acid groups (broad SMARTS) is 1. The number of aliphatic carboxylic acids is 1. The van der Waals surface area contributed by atoms with Gasteiger partial charge in [-0.2, -0.15) is 13.2 Å². The molecule has 4 aromatic rings. The van der Waals surface area contributed by atoms with Crippen molar-refractivity contribution in [2.75, 3.05) is 0 Å². The van der Waals surface area contributed by atoms with E-state index in [4.69, 9.17) is 26.4 Å². The highest BCUT2D eigenvalue weighted by Crippen LogP contribution is 2.40. The third-order valence-corrected chi connectivity index (χ3v) is 8.39. The third-order valence-electron chi connectivity index (χ3n) is 6.73. The minimum absolute atomic E-state index is 0.0594. The quantitative estimate of drug-likeness (QED) is 0.194. The highest BCUT2D eigenvalue weighted by atomic mass is 35.5. The standard InChI is InChI=1S/C30H23ClF4N2O3S/c1-16(40-20-9-10-21-18(13-27(38)39)15-36-26(21)14-20)28-25(12-11-22-23(31)3-2-4-24(22)32)37-29(41-28)17-5-7-19(8-6-17)30(33,34)35/h2-10,14-16,18H,11-13H2,1H3,(H,38,39)/t16-,18?/m1/s1. The van der Waals surface area contributed by atoms with Crippen molar-refractivity contribution in [3.8, 4) is 16.3 Å². The van der Waals surface area contributed by atoms with Crippen molar-refractivity contribution in [2.24, 2.45) is 4.99 Å². The highest BCUT2D eigenvalue weighted by molar-refractivity contribution is 7.15. The maximum Gasteiger partial charge on any atom is 0.416 e. The van der Waals surface area contributed by atoms with Gasteiger partial charge in [0.05, 0.1) is 28.2 Å². The Morgan fingerprint density at radius 1 is 1.12 bits per heavy atom. The molecule has 5 rings (SSSR count). The summed E-state index contributed by atoms with van der Waals surface area (Å²) in [5, 5.41) is 9.94. The Morgan fingerprint density at radius 2 is 1.88 bits per heavy atom. The molecule has 0 fully saturated rings.